The van der Waals surface area contributed by atoms with Gasteiger partial charge in [-0.2, -0.15) is 4.31 Å². The number of aliphatic hydroxyl groups excluding tert-OH is 1. The molecule has 7 heteroatoms. The summed E-state index contributed by atoms with van der Waals surface area (Å²) >= 11 is 0. The third kappa shape index (κ3) is 3.67. The summed E-state index contributed by atoms with van der Waals surface area (Å²) in [5, 5.41) is 9.32. The predicted octanol–water partition coefficient (Wildman–Crippen LogP) is 1.46. The summed E-state index contributed by atoms with van der Waals surface area (Å²) in [6, 6.07) is 3.45. The summed E-state index contributed by atoms with van der Waals surface area (Å²) in [5.41, 5.74) is 0. The fourth-order valence-corrected chi connectivity index (χ4v) is 4.85. The van der Waals surface area contributed by atoms with Gasteiger partial charge in [0.05, 0.1) is 0 Å². The van der Waals surface area contributed by atoms with Gasteiger partial charge in [-0.1, -0.05) is 6.42 Å². The van der Waals surface area contributed by atoms with Crippen LogP contribution in [0.25, 0.3) is 0 Å². The molecule has 6 nitrogen and oxygen atoms in total. The van der Waals surface area contributed by atoms with Gasteiger partial charge in [-0.25, -0.2) is 13.4 Å². The number of nitrogens with zero attached hydrogens (tertiary/aromatic N) is 3. The second-order valence-electron chi connectivity index (χ2n) is 6.45. The fraction of sp³-hybridized carbons (Fsp3) is 0.688. The van der Waals surface area contributed by atoms with Crippen LogP contribution in [0.5, 0.6) is 0 Å². The number of aliphatic hydroxyl groups is 1. The average molecular weight is 339 g/mol. The second-order valence-corrected chi connectivity index (χ2v) is 8.39. The van der Waals surface area contributed by atoms with Crippen LogP contribution in [-0.2, 0) is 10.0 Å². The minimum atomic E-state index is -3.41. The molecule has 0 radical (unpaired) electrons. The summed E-state index contributed by atoms with van der Waals surface area (Å²) in [6.45, 7) is 3.09. The molecule has 0 aliphatic carbocycles. The van der Waals surface area contributed by atoms with Crippen molar-refractivity contribution in [3.63, 3.8) is 0 Å². The Hall–Kier alpha value is -1.18. The van der Waals surface area contributed by atoms with Crippen LogP contribution < -0.4 is 4.90 Å². The Kier molecular flexibility index (Phi) is 5.18. The molecule has 0 aromatic carbocycles. The largest absolute Gasteiger partial charge is 0.396 e. The van der Waals surface area contributed by atoms with Gasteiger partial charge in [0.2, 0.25) is 10.0 Å². The lowest BCUT2D eigenvalue weighted by molar-refractivity contribution is 0.208. The highest BCUT2D eigenvalue weighted by molar-refractivity contribution is 7.89. The molecule has 2 aliphatic rings. The number of pyridine rings is 1. The first-order chi connectivity index (χ1) is 11.1. The zero-order chi connectivity index (χ0) is 16.3. The normalized spacial score (nSPS) is 23.9. The van der Waals surface area contributed by atoms with Crippen molar-refractivity contribution < 1.29 is 13.5 Å². The number of anilines is 1. The molecule has 1 atom stereocenters. The van der Waals surface area contributed by atoms with E-state index in [0.717, 1.165) is 51.0 Å². The molecule has 2 saturated heterocycles. The van der Waals surface area contributed by atoms with E-state index < -0.39 is 10.0 Å². The van der Waals surface area contributed by atoms with Gasteiger partial charge >= 0.3 is 0 Å². The molecular weight excluding hydrogens is 314 g/mol. The van der Waals surface area contributed by atoms with Gasteiger partial charge < -0.3 is 10.0 Å². The van der Waals surface area contributed by atoms with Gasteiger partial charge in [0.1, 0.15) is 10.7 Å². The lowest BCUT2D eigenvalue weighted by atomic mass is 9.99. The minimum Gasteiger partial charge on any atom is -0.396 e. The third-order valence-corrected chi connectivity index (χ3v) is 6.66. The first-order valence-electron chi connectivity index (χ1n) is 8.43. The second kappa shape index (κ2) is 7.15. The van der Waals surface area contributed by atoms with Crippen LogP contribution in [0, 0.1) is 5.92 Å². The van der Waals surface area contributed by atoms with Gasteiger partial charge in [0, 0.05) is 39.0 Å². The molecule has 1 N–H and O–H groups in total. The quantitative estimate of drug-likeness (QED) is 0.899. The third-order valence-electron chi connectivity index (χ3n) is 4.77. The lowest BCUT2D eigenvalue weighted by Gasteiger charge is -2.32. The lowest BCUT2D eigenvalue weighted by Crippen LogP contribution is -2.37. The summed E-state index contributed by atoms with van der Waals surface area (Å²) in [5.74, 6) is 1.07. The van der Waals surface area contributed by atoms with Crippen molar-refractivity contribution in [1.82, 2.24) is 9.29 Å². The van der Waals surface area contributed by atoms with Crippen molar-refractivity contribution in [2.24, 2.45) is 5.92 Å². The molecule has 23 heavy (non-hydrogen) atoms. The van der Waals surface area contributed by atoms with Crippen LogP contribution in [0.2, 0.25) is 0 Å². The number of sulfonamides is 1. The summed E-state index contributed by atoms with van der Waals surface area (Å²) < 4.78 is 26.8. The van der Waals surface area contributed by atoms with E-state index in [9.17, 15) is 13.5 Å². The van der Waals surface area contributed by atoms with E-state index in [0.29, 0.717) is 13.1 Å². The van der Waals surface area contributed by atoms with E-state index in [-0.39, 0.29) is 17.4 Å². The number of hydrogen-bond donors (Lipinski definition) is 1. The molecular formula is C16H25N3O3S. The standard InChI is InChI=1S/C16H25N3O3S/c20-13-14-5-4-8-18(12-14)16-7-6-15(11-17-16)23(21,22)19-9-2-1-3-10-19/h6-7,11,14,20H,1-5,8-10,12-13H2. The Labute approximate surface area is 138 Å². The average Bonchev–Trinajstić information content (AvgIpc) is 2.62. The molecule has 0 spiro atoms. The predicted molar refractivity (Wildman–Crippen MR) is 88.9 cm³/mol. The maximum atomic E-state index is 12.6. The molecule has 2 aliphatic heterocycles. The van der Waals surface area contributed by atoms with Crippen LogP contribution in [-0.4, -0.2) is 55.6 Å². The minimum absolute atomic E-state index is 0.192. The van der Waals surface area contributed by atoms with Gasteiger partial charge in [0.15, 0.2) is 0 Å². The molecule has 0 bridgehead atoms. The maximum Gasteiger partial charge on any atom is 0.244 e. The first-order valence-corrected chi connectivity index (χ1v) is 9.87. The number of rotatable bonds is 4. The molecule has 1 aromatic heterocycles. The van der Waals surface area contributed by atoms with Crippen LogP contribution in [0.15, 0.2) is 23.2 Å². The molecule has 0 saturated carbocycles. The van der Waals surface area contributed by atoms with E-state index in [1.807, 2.05) is 0 Å². The molecule has 128 valence electrons. The van der Waals surface area contributed by atoms with Crippen LogP contribution >= 0.6 is 0 Å². The summed E-state index contributed by atoms with van der Waals surface area (Å²) in [6.07, 6.45) is 6.50. The molecule has 1 unspecified atom stereocenters. The Morgan fingerprint density at radius 2 is 1.91 bits per heavy atom. The Morgan fingerprint density at radius 1 is 1.13 bits per heavy atom. The first kappa shape index (κ1) is 16.7. The van der Waals surface area contributed by atoms with Gasteiger partial charge in [-0.3, -0.25) is 0 Å². The Bertz CT molecular complexity index is 612. The van der Waals surface area contributed by atoms with E-state index >= 15 is 0 Å². The fourth-order valence-electron chi connectivity index (χ4n) is 3.39. The van der Waals surface area contributed by atoms with Crippen molar-refractivity contribution in [1.29, 1.82) is 0 Å². The highest BCUT2D eigenvalue weighted by Gasteiger charge is 2.27. The van der Waals surface area contributed by atoms with Crippen molar-refractivity contribution in [3.8, 4) is 0 Å². The smallest absolute Gasteiger partial charge is 0.244 e. The van der Waals surface area contributed by atoms with Gasteiger partial charge in [-0.05, 0) is 43.7 Å². The molecule has 3 rings (SSSR count). The van der Waals surface area contributed by atoms with Crippen LogP contribution in [0.4, 0.5) is 5.82 Å². The van der Waals surface area contributed by atoms with Gasteiger partial charge in [-0.15, -0.1) is 0 Å². The summed E-state index contributed by atoms with van der Waals surface area (Å²) in [7, 11) is -3.41. The zero-order valence-corrected chi connectivity index (χ0v) is 14.2. The Balaban J connectivity index is 1.73. The van der Waals surface area contributed by atoms with Crippen LogP contribution in [0.1, 0.15) is 32.1 Å². The molecule has 0 amide bonds. The van der Waals surface area contributed by atoms with Crippen molar-refractivity contribution in [2.45, 2.75) is 37.0 Å². The Morgan fingerprint density at radius 3 is 2.57 bits per heavy atom. The molecule has 2 fully saturated rings. The van der Waals surface area contributed by atoms with E-state index in [1.165, 1.54) is 6.20 Å². The number of hydrogen-bond acceptors (Lipinski definition) is 5. The van der Waals surface area contributed by atoms with E-state index in [1.54, 1.807) is 16.4 Å². The molecule has 1 aromatic rings. The number of piperidine rings is 2. The monoisotopic (exact) mass is 339 g/mol. The van der Waals surface area contributed by atoms with Gasteiger partial charge in [0.25, 0.3) is 0 Å². The maximum absolute atomic E-state index is 12.6. The van der Waals surface area contributed by atoms with Crippen LogP contribution in [0.3, 0.4) is 0 Å². The highest BCUT2D eigenvalue weighted by atomic mass is 32.2. The SMILES string of the molecule is O=S(=O)(c1ccc(N2CCCC(CO)C2)nc1)N1CCCCC1. The molecule has 3 heterocycles. The van der Waals surface area contributed by atoms with Crippen molar-refractivity contribution in [3.05, 3.63) is 18.3 Å². The van der Waals surface area contributed by atoms with Crippen molar-refractivity contribution in [2.75, 3.05) is 37.7 Å². The topological polar surface area (TPSA) is 73.7 Å². The van der Waals surface area contributed by atoms with Crippen molar-refractivity contribution >= 4 is 15.8 Å². The number of aromatic nitrogens is 1. The van der Waals surface area contributed by atoms with E-state index in [2.05, 4.69) is 9.88 Å². The highest BCUT2D eigenvalue weighted by Crippen LogP contribution is 2.24. The zero-order valence-electron chi connectivity index (χ0n) is 13.4. The van der Waals surface area contributed by atoms with E-state index in [4.69, 9.17) is 0 Å². The summed E-state index contributed by atoms with van der Waals surface area (Å²) in [4.78, 5) is 6.77.